The number of aryl methyl sites for hydroxylation is 2. The smallest absolute Gasteiger partial charge is 0.254 e. The van der Waals surface area contributed by atoms with E-state index < -0.39 is 5.82 Å². The Hall–Kier alpha value is -3.42. The number of piperidine rings is 1. The van der Waals surface area contributed by atoms with Crippen LogP contribution in [0.1, 0.15) is 28.2 Å². The average molecular weight is 418 g/mol. The van der Waals surface area contributed by atoms with Gasteiger partial charge >= 0.3 is 0 Å². The van der Waals surface area contributed by atoms with Crippen LogP contribution in [-0.4, -0.2) is 56.4 Å². The fraction of sp³-hybridized carbons (Fsp3) is 0.348. The summed E-state index contributed by atoms with van der Waals surface area (Å²) in [5, 5.41) is 0. The summed E-state index contributed by atoms with van der Waals surface area (Å²) in [7, 11) is 0. The Kier molecular flexibility index (Phi) is 4.84. The second kappa shape index (κ2) is 7.68. The van der Waals surface area contributed by atoms with Crippen LogP contribution in [0, 0.1) is 25.6 Å². The molecule has 5 rings (SSSR count). The number of hydrogen-bond donors (Lipinski definition) is 0. The lowest BCUT2D eigenvalue weighted by Gasteiger charge is -2.53. The minimum atomic E-state index is -0.452. The minimum absolute atomic E-state index is 0.170. The molecular weight excluding hydrogens is 395 g/mol. The highest BCUT2D eigenvalue weighted by molar-refractivity contribution is 6.00. The van der Waals surface area contributed by atoms with Gasteiger partial charge in [0.05, 0.1) is 11.6 Å². The molecule has 2 aliphatic rings. The van der Waals surface area contributed by atoms with Crippen molar-refractivity contribution in [2.45, 2.75) is 26.3 Å². The number of fused-ring (bicyclic) bond motifs is 1. The highest BCUT2D eigenvalue weighted by atomic mass is 19.1. The second-order valence-corrected chi connectivity index (χ2v) is 8.23. The van der Waals surface area contributed by atoms with Crippen LogP contribution in [0.2, 0.25) is 0 Å². The fourth-order valence-corrected chi connectivity index (χ4v) is 4.54. The predicted molar refractivity (Wildman–Crippen MR) is 114 cm³/mol. The molecule has 2 atom stereocenters. The number of carbonyl (C=O) groups is 1. The summed E-state index contributed by atoms with van der Waals surface area (Å²) in [6.45, 7) is 6.03. The largest absolute Gasteiger partial charge is 0.337 e. The molecule has 1 aromatic carbocycles. The summed E-state index contributed by atoms with van der Waals surface area (Å²) in [4.78, 5) is 35.1. The fourth-order valence-electron chi connectivity index (χ4n) is 4.54. The number of nitrogens with zero attached hydrogens (tertiary/aromatic N) is 6. The number of carbonyl (C=O) groups excluding carboxylic acids is 1. The van der Waals surface area contributed by atoms with Crippen LogP contribution < -0.4 is 4.90 Å². The van der Waals surface area contributed by atoms with Crippen LogP contribution in [0.5, 0.6) is 0 Å². The molecule has 4 heterocycles. The van der Waals surface area contributed by atoms with Crippen molar-refractivity contribution in [2.24, 2.45) is 5.92 Å². The summed E-state index contributed by atoms with van der Waals surface area (Å²) >= 11 is 0. The van der Waals surface area contributed by atoms with Crippen LogP contribution in [0.3, 0.4) is 0 Å². The lowest BCUT2D eigenvalue weighted by atomic mass is 9.82. The third kappa shape index (κ3) is 3.62. The number of rotatable bonds is 3. The topological polar surface area (TPSA) is 75.1 Å². The number of halogens is 1. The number of hydrogen-bond acceptors (Lipinski definition) is 6. The second-order valence-electron chi connectivity index (χ2n) is 8.23. The molecule has 1 amide bonds. The van der Waals surface area contributed by atoms with E-state index in [-0.39, 0.29) is 17.5 Å². The van der Waals surface area contributed by atoms with E-state index in [4.69, 9.17) is 0 Å². The number of aromatic nitrogens is 4. The van der Waals surface area contributed by atoms with Gasteiger partial charge < -0.3 is 9.80 Å². The molecule has 7 nitrogen and oxygen atoms in total. The molecule has 0 radical (unpaired) electrons. The number of amides is 1. The zero-order chi connectivity index (χ0) is 21.5. The van der Waals surface area contributed by atoms with Gasteiger partial charge in [-0.1, -0.05) is 0 Å². The van der Waals surface area contributed by atoms with Gasteiger partial charge in [0.15, 0.2) is 5.82 Å². The van der Waals surface area contributed by atoms with Crippen molar-refractivity contribution in [1.29, 1.82) is 0 Å². The Morgan fingerprint density at radius 2 is 1.81 bits per heavy atom. The molecule has 0 N–H and O–H groups in total. The van der Waals surface area contributed by atoms with Crippen molar-refractivity contribution in [3.63, 3.8) is 0 Å². The van der Waals surface area contributed by atoms with Gasteiger partial charge in [-0.3, -0.25) is 4.79 Å². The van der Waals surface area contributed by atoms with Gasteiger partial charge in [-0.15, -0.1) is 0 Å². The molecule has 31 heavy (non-hydrogen) atoms. The van der Waals surface area contributed by atoms with Crippen molar-refractivity contribution in [1.82, 2.24) is 24.8 Å². The van der Waals surface area contributed by atoms with Crippen LogP contribution in [0.4, 0.5) is 10.3 Å². The van der Waals surface area contributed by atoms with Crippen molar-refractivity contribution >= 4 is 11.9 Å². The van der Waals surface area contributed by atoms with Gasteiger partial charge in [0, 0.05) is 54.9 Å². The molecule has 2 saturated heterocycles. The maximum absolute atomic E-state index is 14.1. The monoisotopic (exact) mass is 418 g/mol. The summed E-state index contributed by atoms with van der Waals surface area (Å²) < 4.78 is 14.1. The average Bonchev–Trinajstić information content (AvgIpc) is 2.74. The summed E-state index contributed by atoms with van der Waals surface area (Å²) in [5.41, 5.74) is 2.69. The molecule has 0 unspecified atom stereocenters. The highest BCUT2D eigenvalue weighted by Gasteiger charge is 2.45. The molecule has 0 aliphatic carbocycles. The summed E-state index contributed by atoms with van der Waals surface area (Å²) in [5.74, 6) is 0.991. The van der Waals surface area contributed by atoms with E-state index in [1.54, 1.807) is 29.4 Å². The molecule has 158 valence electrons. The highest BCUT2D eigenvalue weighted by Crippen LogP contribution is 2.36. The van der Waals surface area contributed by atoms with Crippen LogP contribution in [-0.2, 0) is 0 Å². The first-order valence-corrected chi connectivity index (χ1v) is 10.4. The third-order valence-electron chi connectivity index (χ3n) is 6.09. The van der Waals surface area contributed by atoms with Crippen molar-refractivity contribution in [2.75, 3.05) is 24.5 Å². The SMILES string of the molecule is Cc1cc(C)nc(N2C[C@@H]3CCN(C(=O)c4cc(F)ccc4-c4ncccn4)C[C@@H]32)n1. The molecule has 2 aliphatic heterocycles. The molecular formula is C23H23FN6O. The molecule has 0 bridgehead atoms. The Balaban J connectivity index is 1.41. The number of anilines is 1. The van der Waals surface area contributed by atoms with Gasteiger partial charge in [-0.05, 0) is 50.6 Å². The van der Waals surface area contributed by atoms with E-state index in [0.717, 1.165) is 30.3 Å². The van der Waals surface area contributed by atoms with E-state index >= 15 is 0 Å². The predicted octanol–water partition coefficient (Wildman–Crippen LogP) is 3.04. The standard InChI is InChI=1S/C23H23FN6O/c1-14-10-15(2)28-23(27-14)30-12-16-6-9-29(13-20(16)30)22(31)19-11-17(24)4-5-18(19)21-25-7-3-8-26-21/h3-5,7-8,10-11,16,20H,6,9,12-13H2,1-2H3/t16-,20-/m0/s1. The quantitative estimate of drug-likeness (QED) is 0.651. The van der Waals surface area contributed by atoms with E-state index in [1.165, 1.54) is 12.1 Å². The molecule has 8 heteroatoms. The number of benzene rings is 1. The summed E-state index contributed by atoms with van der Waals surface area (Å²) in [6.07, 6.45) is 4.13. The number of likely N-dealkylation sites (tertiary alicyclic amines) is 1. The molecule has 2 fully saturated rings. The van der Waals surface area contributed by atoms with Crippen LogP contribution in [0.25, 0.3) is 11.4 Å². The van der Waals surface area contributed by atoms with Gasteiger partial charge in [-0.25, -0.2) is 24.3 Å². The molecule has 3 aromatic rings. The Morgan fingerprint density at radius 1 is 1.06 bits per heavy atom. The molecule has 2 aromatic heterocycles. The lowest BCUT2D eigenvalue weighted by Crippen LogP contribution is -2.65. The molecule has 0 spiro atoms. The van der Waals surface area contributed by atoms with Gasteiger partial charge in [0.1, 0.15) is 5.82 Å². The van der Waals surface area contributed by atoms with Crippen LogP contribution >= 0.6 is 0 Å². The van der Waals surface area contributed by atoms with Crippen molar-refractivity contribution < 1.29 is 9.18 Å². The van der Waals surface area contributed by atoms with Gasteiger partial charge in [0.2, 0.25) is 5.95 Å². The zero-order valence-electron chi connectivity index (χ0n) is 17.5. The lowest BCUT2D eigenvalue weighted by molar-refractivity contribution is 0.0589. The maximum Gasteiger partial charge on any atom is 0.254 e. The van der Waals surface area contributed by atoms with E-state index in [0.29, 0.717) is 30.4 Å². The first-order chi connectivity index (χ1) is 15.0. The minimum Gasteiger partial charge on any atom is -0.337 e. The van der Waals surface area contributed by atoms with Crippen molar-refractivity contribution in [3.05, 3.63) is 65.5 Å². The van der Waals surface area contributed by atoms with Crippen LogP contribution in [0.15, 0.2) is 42.7 Å². The Labute approximate surface area is 180 Å². The summed E-state index contributed by atoms with van der Waals surface area (Å²) in [6, 6.07) is 8.02. The van der Waals surface area contributed by atoms with Crippen molar-refractivity contribution in [3.8, 4) is 11.4 Å². The van der Waals surface area contributed by atoms with Gasteiger partial charge in [0.25, 0.3) is 5.91 Å². The first-order valence-electron chi connectivity index (χ1n) is 10.4. The third-order valence-corrected chi connectivity index (χ3v) is 6.09. The Bertz CT molecular complexity index is 1120. The first kappa shape index (κ1) is 19.5. The van der Waals surface area contributed by atoms with E-state index in [1.807, 2.05) is 19.9 Å². The van der Waals surface area contributed by atoms with E-state index in [9.17, 15) is 9.18 Å². The Morgan fingerprint density at radius 3 is 2.55 bits per heavy atom. The maximum atomic E-state index is 14.1. The normalized spacial score (nSPS) is 20.2. The van der Waals surface area contributed by atoms with Gasteiger partial charge in [-0.2, -0.15) is 0 Å². The van der Waals surface area contributed by atoms with E-state index in [2.05, 4.69) is 24.8 Å². The zero-order valence-corrected chi connectivity index (χ0v) is 17.5. The molecule has 0 saturated carbocycles.